The number of fused-ring (bicyclic) bond motifs is 1. The number of benzene rings is 2. The number of nitrogens with one attached hydrogen (secondary N) is 2. The first-order chi connectivity index (χ1) is 14.5. The molecule has 4 aromatic rings. The number of anilines is 1. The number of carbonyl (C=O) groups is 2. The number of esters is 1. The maximum Gasteiger partial charge on any atom is 0.340 e. The van der Waals surface area contributed by atoms with Crippen LogP contribution >= 0.6 is 23.2 Å². The van der Waals surface area contributed by atoms with Crippen LogP contribution < -0.4 is 5.32 Å². The molecule has 0 fully saturated rings. The minimum Gasteiger partial charge on any atom is -0.444 e. The number of pyridine rings is 1. The van der Waals surface area contributed by atoms with Gasteiger partial charge in [0.2, 0.25) is 6.10 Å². The highest BCUT2D eigenvalue weighted by molar-refractivity contribution is 6.35. The molecule has 0 radical (unpaired) electrons. The van der Waals surface area contributed by atoms with Gasteiger partial charge in [-0.05, 0) is 30.3 Å². The summed E-state index contributed by atoms with van der Waals surface area (Å²) in [6, 6.07) is 16.7. The number of nitrogens with zero attached hydrogens (tertiary/aromatic N) is 1. The molecular formula is C22H15Cl2N3O3. The molecule has 2 aromatic carbocycles. The van der Waals surface area contributed by atoms with Gasteiger partial charge in [0.25, 0.3) is 5.91 Å². The van der Waals surface area contributed by atoms with Crippen LogP contribution in [0.4, 0.5) is 5.69 Å². The second-order valence-electron chi connectivity index (χ2n) is 6.44. The van der Waals surface area contributed by atoms with Crippen LogP contribution in [-0.4, -0.2) is 21.8 Å². The first kappa shape index (κ1) is 19.9. The largest absolute Gasteiger partial charge is 0.444 e. The van der Waals surface area contributed by atoms with Crippen LogP contribution in [0, 0.1) is 0 Å². The second-order valence-corrected chi connectivity index (χ2v) is 7.31. The summed E-state index contributed by atoms with van der Waals surface area (Å²) in [4.78, 5) is 33.0. The maximum absolute atomic E-state index is 13.0. The number of amides is 1. The molecule has 1 amide bonds. The third-order valence-corrected chi connectivity index (χ3v) is 4.81. The lowest BCUT2D eigenvalue weighted by molar-refractivity contribution is -0.125. The number of carbonyl (C=O) groups excluding carboxylic acids is 2. The van der Waals surface area contributed by atoms with E-state index < -0.39 is 18.0 Å². The highest BCUT2D eigenvalue weighted by Gasteiger charge is 2.27. The molecule has 2 aromatic heterocycles. The zero-order valence-corrected chi connectivity index (χ0v) is 16.9. The van der Waals surface area contributed by atoms with E-state index in [1.165, 1.54) is 6.20 Å². The predicted octanol–water partition coefficient (Wildman–Crippen LogP) is 5.41. The summed E-state index contributed by atoms with van der Waals surface area (Å²) in [5.41, 5.74) is 1.78. The topological polar surface area (TPSA) is 84.1 Å². The van der Waals surface area contributed by atoms with Crippen LogP contribution in [0.3, 0.4) is 0 Å². The monoisotopic (exact) mass is 439 g/mol. The summed E-state index contributed by atoms with van der Waals surface area (Å²) >= 11 is 12.0. The number of hydrogen-bond acceptors (Lipinski definition) is 4. The highest BCUT2D eigenvalue weighted by atomic mass is 35.5. The minimum atomic E-state index is -1.18. The molecule has 0 bridgehead atoms. The van der Waals surface area contributed by atoms with Crippen molar-refractivity contribution < 1.29 is 14.3 Å². The fourth-order valence-corrected chi connectivity index (χ4v) is 3.57. The Morgan fingerprint density at radius 3 is 2.47 bits per heavy atom. The number of aromatic nitrogens is 2. The Balaban J connectivity index is 1.64. The van der Waals surface area contributed by atoms with Crippen molar-refractivity contribution in [2.24, 2.45) is 0 Å². The van der Waals surface area contributed by atoms with Crippen LogP contribution in [0.2, 0.25) is 10.0 Å². The average molecular weight is 440 g/mol. The van der Waals surface area contributed by atoms with Crippen LogP contribution in [0.5, 0.6) is 0 Å². The molecule has 0 aliphatic heterocycles. The lowest BCUT2D eigenvalue weighted by Crippen LogP contribution is -2.26. The van der Waals surface area contributed by atoms with E-state index in [4.69, 9.17) is 27.9 Å². The smallest absolute Gasteiger partial charge is 0.340 e. The van der Waals surface area contributed by atoms with Crippen molar-refractivity contribution in [2.75, 3.05) is 5.32 Å². The molecule has 0 spiro atoms. The van der Waals surface area contributed by atoms with Gasteiger partial charge in [0.1, 0.15) is 5.65 Å². The standard InChI is InChI=1S/C22H15Cl2N3O3/c23-14-10-15(24)12-16(11-14)27-21(28)19(13-4-2-1-3-5-13)30-22(29)18-7-9-26-20-17(18)6-8-25-20/h1-12,19H,(H,25,26)(H,27,28). The fraction of sp³-hybridized carbons (Fsp3) is 0.0455. The fourth-order valence-electron chi connectivity index (χ4n) is 3.04. The molecule has 8 heteroatoms. The number of H-pyrrole nitrogens is 1. The van der Waals surface area contributed by atoms with Gasteiger partial charge >= 0.3 is 5.97 Å². The molecule has 1 atom stereocenters. The van der Waals surface area contributed by atoms with Gasteiger partial charge < -0.3 is 15.0 Å². The minimum absolute atomic E-state index is 0.306. The summed E-state index contributed by atoms with van der Waals surface area (Å²) in [5, 5.41) is 4.06. The second kappa shape index (κ2) is 8.57. The Morgan fingerprint density at radius 1 is 1.00 bits per heavy atom. The van der Waals surface area contributed by atoms with Gasteiger partial charge in [-0.25, -0.2) is 9.78 Å². The van der Waals surface area contributed by atoms with E-state index in [1.807, 2.05) is 6.07 Å². The van der Waals surface area contributed by atoms with E-state index in [0.717, 1.165) is 0 Å². The molecule has 4 rings (SSSR count). The van der Waals surface area contributed by atoms with Crippen LogP contribution in [0.25, 0.3) is 11.0 Å². The van der Waals surface area contributed by atoms with Gasteiger partial charge in [-0.2, -0.15) is 0 Å². The Hall–Kier alpha value is -3.35. The average Bonchev–Trinajstić information content (AvgIpc) is 3.20. The number of halogens is 2. The molecule has 1 unspecified atom stereocenters. The van der Waals surface area contributed by atoms with Gasteiger partial charge in [-0.3, -0.25) is 4.79 Å². The van der Waals surface area contributed by atoms with Crippen molar-refractivity contribution in [3.63, 3.8) is 0 Å². The molecule has 0 saturated carbocycles. The lowest BCUT2D eigenvalue weighted by Gasteiger charge is -2.18. The predicted molar refractivity (Wildman–Crippen MR) is 116 cm³/mol. The summed E-state index contributed by atoms with van der Waals surface area (Å²) in [7, 11) is 0. The molecule has 6 nitrogen and oxygen atoms in total. The zero-order chi connectivity index (χ0) is 21.1. The maximum atomic E-state index is 13.0. The van der Waals surface area contributed by atoms with Crippen molar-refractivity contribution in [3.8, 4) is 0 Å². The molecule has 0 aliphatic carbocycles. The highest BCUT2D eigenvalue weighted by Crippen LogP contribution is 2.26. The Morgan fingerprint density at radius 2 is 1.73 bits per heavy atom. The molecular weight excluding hydrogens is 425 g/mol. The van der Waals surface area contributed by atoms with E-state index >= 15 is 0 Å². The zero-order valence-electron chi connectivity index (χ0n) is 15.4. The summed E-state index contributed by atoms with van der Waals surface area (Å²) in [5.74, 6) is -1.18. The van der Waals surface area contributed by atoms with Crippen molar-refractivity contribution in [1.82, 2.24) is 9.97 Å². The Labute approximate surface area is 181 Å². The van der Waals surface area contributed by atoms with Crippen molar-refractivity contribution in [2.45, 2.75) is 6.10 Å². The summed E-state index contributed by atoms with van der Waals surface area (Å²) in [6.07, 6.45) is 2.00. The normalized spacial score (nSPS) is 11.8. The van der Waals surface area contributed by atoms with Gasteiger partial charge in [-0.15, -0.1) is 0 Å². The van der Waals surface area contributed by atoms with Crippen LogP contribution in [-0.2, 0) is 9.53 Å². The third-order valence-electron chi connectivity index (χ3n) is 4.38. The Bertz CT molecular complexity index is 1200. The van der Waals surface area contributed by atoms with Crippen LogP contribution in [0.15, 0.2) is 73.1 Å². The van der Waals surface area contributed by atoms with Crippen molar-refractivity contribution in [1.29, 1.82) is 0 Å². The molecule has 150 valence electrons. The summed E-state index contributed by atoms with van der Waals surface area (Å²) in [6.45, 7) is 0. The molecule has 30 heavy (non-hydrogen) atoms. The van der Waals surface area contributed by atoms with Crippen molar-refractivity contribution >= 4 is 51.8 Å². The molecule has 2 N–H and O–H groups in total. The van der Waals surface area contributed by atoms with Gasteiger partial charge in [-0.1, -0.05) is 53.5 Å². The lowest BCUT2D eigenvalue weighted by atomic mass is 10.1. The van der Waals surface area contributed by atoms with E-state index in [2.05, 4.69) is 15.3 Å². The van der Waals surface area contributed by atoms with E-state index in [-0.39, 0.29) is 0 Å². The number of hydrogen-bond donors (Lipinski definition) is 2. The Kier molecular flexibility index (Phi) is 5.70. The first-order valence-electron chi connectivity index (χ1n) is 8.96. The third kappa shape index (κ3) is 4.30. The number of aromatic amines is 1. The SMILES string of the molecule is O=C(OC(C(=O)Nc1cc(Cl)cc(Cl)c1)c1ccccc1)c1ccnc2[nH]ccc12. The number of ether oxygens (including phenoxy) is 1. The van der Waals surface area contributed by atoms with E-state index in [0.29, 0.717) is 37.9 Å². The first-order valence-corrected chi connectivity index (χ1v) is 9.72. The van der Waals surface area contributed by atoms with Crippen LogP contribution in [0.1, 0.15) is 22.0 Å². The van der Waals surface area contributed by atoms with E-state index in [9.17, 15) is 9.59 Å². The van der Waals surface area contributed by atoms with Gasteiger partial charge in [0.15, 0.2) is 0 Å². The molecule has 2 heterocycles. The molecule has 0 aliphatic rings. The van der Waals surface area contributed by atoms with E-state index in [1.54, 1.807) is 60.8 Å². The number of rotatable bonds is 5. The summed E-state index contributed by atoms with van der Waals surface area (Å²) < 4.78 is 5.64. The molecule has 0 saturated heterocycles. The van der Waals surface area contributed by atoms with Gasteiger partial charge in [0, 0.05) is 39.1 Å². The quantitative estimate of drug-likeness (QED) is 0.407. The van der Waals surface area contributed by atoms with Crippen molar-refractivity contribution in [3.05, 3.63) is 94.2 Å². The van der Waals surface area contributed by atoms with Gasteiger partial charge in [0.05, 0.1) is 5.56 Å².